The van der Waals surface area contributed by atoms with E-state index in [4.69, 9.17) is 0 Å². The van der Waals surface area contributed by atoms with Crippen molar-refractivity contribution in [2.24, 2.45) is 0 Å². The summed E-state index contributed by atoms with van der Waals surface area (Å²) in [6, 6.07) is 8.48. The molecule has 0 amide bonds. The Hall–Kier alpha value is -1.72. The number of imidazole rings is 1. The molecule has 2 aromatic heterocycles. The number of para-hydroxylation sites is 2. The molecule has 0 aliphatic rings. The van der Waals surface area contributed by atoms with Crippen LogP contribution in [0.1, 0.15) is 42.0 Å². The SMILES string of the molecule is CCCNC(C)c1cnc(Cc2nc3ccccc3[nH]2)s1. The Morgan fingerprint density at radius 2 is 2.19 bits per heavy atom. The van der Waals surface area contributed by atoms with Crippen molar-refractivity contribution in [3.8, 4) is 0 Å². The summed E-state index contributed by atoms with van der Waals surface area (Å²) in [4.78, 5) is 13.8. The maximum absolute atomic E-state index is 4.61. The van der Waals surface area contributed by atoms with E-state index in [2.05, 4.69) is 40.2 Å². The van der Waals surface area contributed by atoms with Gasteiger partial charge in [0.2, 0.25) is 0 Å². The van der Waals surface area contributed by atoms with Crippen LogP contribution in [0.5, 0.6) is 0 Å². The highest BCUT2D eigenvalue weighted by Crippen LogP contribution is 2.22. The molecule has 0 bridgehead atoms. The first-order chi connectivity index (χ1) is 10.3. The number of hydrogen-bond acceptors (Lipinski definition) is 4. The second kappa shape index (κ2) is 6.37. The summed E-state index contributed by atoms with van der Waals surface area (Å²) in [5.74, 6) is 0.978. The fourth-order valence-corrected chi connectivity index (χ4v) is 3.25. The number of aromatic amines is 1. The number of H-pyrrole nitrogens is 1. The van der Waals surface area contributed by atoms with Crippen molar-refractivity contribution in [1.82, 2.24) is 20.3 Å². The predicted octanol–water partition coefficient (Wildman–Crippen LogP) is 3.67. The van der Waals surface area contributed by atoms with Crippen LogP contribution in [0.4, 0.5) is 0 Å². The monoisotopic (exact) mass is 300 g/mol. The molecule has 0 aliphatic heterocycles. The van der Waals surface area contributed by atoms with Gasteiger partial charge in [-0.25, -0.2) is 9.97 Å². The van der Waals surface area contributed by atoms with E-state index in [9.17, 15) is 0 Å². The van der Waals surface area contributed by atoms with E-state index in [-0.39, 0.29) is 0 Å². The minimum absolute atomic E-state index is 0.367. The summed E-state index contributed by atoms with van der Waals surface area (Å²) in [6.45, 7) is 5.41. The van der Waals surface area contributed by atoms with Crippen LogP contribution in [0.15, 0.2) is 30.5 Å². The number of aromatic nitrogens is 3. The quantitative estimate of drug-likeness (QED) is 0.730. The van der Waals surface area contributed by atoms with Gasteiger partial charge in [-0.3, -0.25) is 0 Å². The lowest BCUT2D eigenvalue weighted by atomic mass is 10.3. The van der Waals surface area contributed by atoms with Crippen molar-refractivity contribution in [2.45, 2.75) is 32.7 Å². The summed E-state index contributed by atoms with van der Waals surface area (Å²) in [5, 5.41) is 4.60. The van der Waals surface area contributed by atoms with Crippen LogP contribution < -0.4 is 5.32 Å². The summed E-state index contributed by atoms with van der Waals surface area (Å²) < 4.78 is 0. The molecule has 21 heavy (non-hydrogen) atoms. The molecule has 2 heterocycles. The molecule has 0 fully saturated rings. The molecule has 1 aromatic carbocycles. The Bertz CT molecular complexity index is 683. The number of rotatable bonds is 6. The van der Waals surface area contributed by atoms with Crippen LogP contribution in [-0.4, -0.2) is 21.5 Å². The van der Waals surface area contributed by atoms with Crippen LogP contribution in [0.2, 0.25) is 0 Å². The largest absolute Gasteiger partial charge is 0.342 e. The zero-order chi connectivity index (χ0) is 14.7. The average Bonchev–Trinajstić information content (AvgIpc) is 3.11. The second-order valence-corrected chi connectivity index (χ2v) is 6.36. The second-order valence-electron chi connectivity index (χ2n) is 5.21. The maximum atomic E-state index is 4.61. The molecule has 110 valence electrons. The summed E-state index contributed by atoms with van der Waals surface area (Å²) >= 11 is 1.76. The summed E-state index contributed by atoms with van der Waals surface area (Å²) in [6.07, 6.45) is 3.89. The average molecular weight is 300 g/mol. The van der Waals surface area contributed by atoms with Crippen molar-refractivity contribution < 1.29 is 0 Å². The van der Waals surface area contributed by atoms with Crippen molar-refractivity contribution >= 4 is 22.4 Å². The first-order valence-electron chi connectivity index (χ1n) is 7.38. The molecule has 4 nitrogen and oxygen atoms in total. The molecule has 2 N–H and O–H groups in total. The van der Waals surface area contributed by atoms with Crippen LogP contribution >= 0.6 is 11.3 Å². The first kappa shape index (κ1) is 14.2. The highest BCUT2D eigenvalue weighted by Gasteiger charge is 2.11. The Balaban J connectivity index is 1.71. The molecule has 0 aliphatic carbocycles. The van der Waals surface area contributed by atoms with Crippen LogP contribution in [-0.2, 0) is 6.42 Å². The van der Waals surface area contributed by atoms with Gasteiger partial charge in [-0.05, 0) is 32.0 Å². The van der Waals surface area contributed by atoms with Crippen molar-refractivity contribution in [3.05, 3.63) is 46.2 Å². The lowest BCUT2D eigenvalue weighted by Gasteiger charge is -2.09. The minimum Gasteiger partial charge on any atom is -0.342 e. The third-order valence-electron chi connectivity index (χ3n) is 3.46. The Labute approximate surface area is 128 Å². The number of nitrogens with one attached hydrogen (secondary N) is 2. The third kappa shape index (κ3) is 3.31. The van der Waals surface area contributed by atoms with Gasteiger partial charge in [-0.2, -0.15) is 0 Å². The van der Waals surface area contributed by atoms with E-state index in [0.717, 1.165) is 41.3 Å². The van der Waals surface area contributed by atoms with E-state index in [1.54, 1.807) is 11.3 Å². The first-order valence-corrected chi connectivity index (χ1v) is 8.19. The van der Waals surface area contributed by atoms with Crippen molar-refractivity contribution in [3.63, 3.8) is 0 Å². The van der Waals surface area contributed by atoms with Crippen molar-refractivity contribution in [2.75, 3.05) is 6.54 Å². The number of nitrogens with zero attached hydrogens (tertiary/aromatic N) is 2. The minimum atomic E-state index is 0.367. The van der Waals surface area contributed by atoms with Gasteiger partial charge in [0, 0.05) is 17.1 Å². The highest BCUT2D eigenvalue weighted by atomic mass is 32.1. The molecule has 1 atom stereocenters. The van der Waals surface area contributed by atoms with Crippen LogP contribution in [0.3, 0.4) is 0 Å². The Kier molecular flexibility index (Phi) is 4.31. The molecule has 0 spiro atoms. The van der Waals surface area contributed by atoms with Gasteiger partial charge >= 0.3 is 0 Å². The molecule has 3 aromatic rings. The lowest BCUT2D eigenvalue weighted by molar-refractivity contribution is 0.577. The van der Waals surface area contributed by atoms with E-state index in [1.165, 1.54) is 4.88 Å². The van der Waals surface area contributed by atoms with Gasteiger partial charge in [0.05, 0.1) is 17.5 Å². The van der Waals surface area contributed by atoms with Crippen LogP contribution in [0, 0.1) is 0 Å². The molecular formula is C16H20N4S. The zero-order valence-corrected chi connectivity index (χ0v) is 13.2. The topological polar surface area (TPSA) is 53.6 Å². The molecule has 3 rings (SSSR count). The Morgan fingerprint density at radius 3 is 3.00 bits per heavy atom. The van der Waals surface area contributed by atoms with Gasteiger partial charge in [-0.15, -0.1) is 11.3 Å². The van der Waals surface area contributed by atoms with Gasteiger partial charge in [0.15, 0.2) is 0 Å². The van der Waals surface area contributed by atoms with E-state index < -0.39 is 0 Å². The maximum Gasteiger partial charge on any atom is 0.114 e. The smallest absolute Gasteiger partial charge is 0.114 e. The molecule has 0 saturated heterocycles. The van der Waals surface area contributed by atoms with Crippen LogP contribution in [0.25, 0.3) is 11.0 Å². The number of thiazole rings is 1. The zero-order valence-electron chi connectivity index (χ0n) is 12.4. The van der Waals surface area contributed by atoms with E-state index in [0.29, 0.717) is 6.04 Å². The number of fused-ring (bicyclic) bond motifs is 1. The van der Waals surface area contributed by atoms with Crippen molar-refractivity contribution in [1.29, 1.82) is 0 Å². The normalized spacial score (nSPS) is 12.9. The Morgan fingerprint density at radius 1 is 1.33 bits per heavy atom. The number of benzene rings is 1. The predicted molar refractivity (Wildman–Crippen MR) is 87.7 cm³/mol. The van der Waals surface area contributed by atoms with E-state index in [1.807, 2.05) is 24.4 Å². The summed E-state index contributed by atoms with van der Waals surface area (Å²) in [5.41, 5.74) is 2.10. The molecule has 0 radical (unpaired) electrons. The lowest BCUT2D eigenvalue weighted by Crippen LogP contribution is -2.18. The molecular weight excluding hydrogens is 280 g/mol. The fourth-order valence-electron chi connectivity index (χ4n) is 2.30. The molecule has 5 heteroatoms. The fraction of sp³-hybridized carbons (Fsp3) is 0.375. The molecule has 0 saturated carbocycles. The molecule has 1 unspecified atom stereocenters. The number of hydrogen-bond donors (Lipinski definition) is 2. The highest BCUT2D eigenvalue weighted by molar-refractivity contribution is 7.11. The van der Waals surface area contributed by atoms with Gasteiger partial charge in [0.25, 0.3) is 0 Å². The van der Waals surface area contributed by atoms with Gasteiger partial charge in [0.1, 0.15) is 10.8 Å². The van der Waals surface area contributed by atoms with Gasteiger partial charge in [-0.1, -0.05) is 19.1 Å². The summed E-state index contributed by atoms with van der Waals surface area (Å²) in [7, 11) is 0. The third-order valence-corrected chi connectivity index (χ3v) is 4.64. The van der Waals surface area contributed by atoms with Gasteiger partial charge < -0.3 is 10.3 Å². The van der Waals surface area contributed by atoms with E-state index >= 15 is 0 Å². The standard InChI is InChI=1S/C16H20N4S/c1-3-8-17-11(2)14-10-18-16(21-14)9-15-19-12-6-4-5-7-13(12)20-15/h4-7,10-11,17H,3,8-9H2,1-2H3,(H,19,20).